The number of carbonyl (C=O) groups excluding carboxylic acids is 1. The molecule has 1 saturated heterocycles. The number of rotatable bonds is 4. The van der Waals surface area contributed by atoms with Crippen molar-refractivity contribution < 1.29 is 4.79 Å². The molecule has 1 aliphatic heterocycles. The van der Waals surface area contributed by atoms with Crippen molar-refractivity contribution in [1.29, 1.82) is 0 Å². The molecule has 24 heavy (non-hydrogen) atoms. The number of aromatic nitrogens is 2. The number of hydrogen-bond donors (Lipinski definition) is 1. The molecule has 0 unspecified atom stereocenters. The van der Waals surface area contributed by atoms with Crippen LogP contribution >= 0.6 is 0 Å². The molecule has 0 saturated carbocycles. The lowest BCUT2D eigenvalue weighted by Gasteiger charge is -2.32. The second-order valence-electron chi connectivity index (χ2n) is 6.46. The number of carbonyl (C=O) groups is 1. The Morgan fingerprint density at radius 2 is 2.00 bits per heavy atom. The standard InChI is InChI=1S/C19H24N4O/c1-15-12-21-8-4-18(15)14-22-19(24)23-9-5-16(6-10-23)11-17-3-2-7-20-13-17/h2-4,7-8,12-13,16H,5-6,9-11,14H2,1H3,(H,22,24). The van der Waals surface area contributed by atoms with Crippen LogP contribution in [0.1, 0.15) is 29.5 Å². The molecule has 5 heteroatoms. The van der Waals surface area contributed by atoms with Gasteiger partial charge in [-0.3, -0.25) is 9.97 Å². The number of urea groups is 1. The summed E-state index contributed by atoms with van der Waals surface area (Å²) in [6.07, 6.45) is 10.5. The van der Waals surface area contributed by atoms with E-state index in [1.807, 2.05) is 36.4 Å². The molecule has 0 spiro atoms. The molecule has 0 bridgehead atoms. The number of hydrogen-bond acceptors (Lipinski definition) is 3. The number of pyridine rings is 2. The lowest BCUT2D eigenvalue weighted by molar-refractivity contribution is 0.170. The number of amides is 2. The summed E-state index contributed by atoms with van der Waals surface area (Å²) in [4.78, 5) is 22.5. The molecule has 1 fully saturated rings. The summed E-state index contributed by atoms with van der Waals surface area (Å²) in [6, 6.07) is 6.10. The zero-order valence-electron chi connectivity index (χ0n) is 14.1. The first-order chi connectivity index (χ1) is 11.7. The second kappa shape index (κ2) is 7.90. The molecule has 2 amide bonds. The van der Waals surface area contributed by atoms with Gasteiger partial charge in [-0.05, 0) is 60.9 Å². The fourth-order valence-electron chi connectivity index (χ4n) is 3.18. The molecule has 0 radical (unpaired) electrons. The Morgan fingerprint density at radius 3 is 2.71 bits per heavy atom. The number of piperidine rings is 1. The third-order valence-electron chi connectivity index (χ3n) is 4.72. The molecule has 1 N–H and O–H groups in total. The summed E-state index contributed by atoms with van der Waals surface area (Å²) in [6.45, 7) is 4.22. The number of nitrogens with one attached hydrogen (secondary N) is 1. The largest absolute Gasteiger partial charge is 0.334 e. The maximum absolute atomic E-state index is 12.3. The average molecular weight is 324 g/mol. The highest BCUT2D eigenvalue weighted by Crippen LogP contribution is 2.21. The van der Waals surface area contributed by atoms with Crippen LogP contribution in [0.2, 0.25) is 0 Å². The van der Waals surface area contributed by atoms with Gasteiger partial charge in [0.25, 0.3) is 0 Å². The van der Waals surface area contributed by atoms with Crippen molar-refractivity contribution in [2.45, 2.75) is 32.7 Å². The highest BCUT2D eigenvalue weighted by molar-refractivity contribution is 5.74. The number of likely N-dealkylation sites (tertiary alicyclic amines) is 1. The summed E-state index contributed by atoms with van der Waals surface area (Å²) < 4.78 is 0. The van der Waals surface area contributed by atoms with Crippen LogP contribution in [0.4, 0.5) is 4.79 Å². The van der Waals surface area contributed by atoms with Gasteiger partial charge in [-0.1, -0.05) is 6.07 Å². The van der Waals surface area contributed by atoms with E-state index in [1.165, 1.54) is 5.56 Å². The molecule has 3 heterocycles. The molecule has 5 nitrogen and oxygen atoms in total. The van der Waals surface area contributed by atoms with Crippen molar-refractivity contribution in [3.05, 3.63) is 59.7 Å². The number of nitrogens with zero attached hydrogens (tertiary/aromatic N) is 3. The monoisotopic (exact) mass is 324 g/mol. The van der Waals surface area contributed by atoms with Crippen molar-refractivity contribution >= 4 is 6.03 Å². The van der Waals surface area contributed by atoms with Gasteiger partial charge in [-0.25, -0.2) is 4.79 Å². The van der Waals surface area contributed by atoms with Crippen LogP contribution in [0.25, 0.3) is 0 Å². The van der Waals surface area contributed by atoms with E-state index in [1.54, 1.807) is 12.4 Å². The Bertz CT molecular complexity index is 666. The second-order valence-corrected chi connectivity index (χ2v) is 6.46. The topological polar surface area (TPSA) is 58.1 Å². The van der Waals surface area contributed by atoms with Gasteiger partial charge in [0.1, 0.15) is 0 Å². The molecule has 3 rings (SSSR count). The normalized spacial score (nSPS) is 15.3. The molecule has 1 aliphatic rings. The smallest absolute Gasteiger partial charge is 0.317 e. The maximum atomic E-state index is 12.3. The number of aryl methyl sites for hydroxylation is 1. The van der Waals surface area contributed by atoms with Crippen molar-refractivity contribution in [1.82, 2.24) is 20.2 Å². The Balaban J connectivity index is 1.44. The summed E-state index contributed by atoms with van der Waals surface area (Å²) in [5.74, 6) is 0.640. The molecule has 126 valence electrons. The van der Waals surface area contributed by atoms with E-state index in [9.17, 15) is 4.79 Å². The summed E-state index contributed by atoms with van der Waals surface area (Å²) in [5, 5.41) is 3.02. The zero-order valence-corrected chi connectivity index (χ0v) is 14.1. The van der Waals surface area contributed by atoms with E-state index in [0.29, 0.717) is 12.5 Å². The first-order valence-corrected chi connectivity index (χ1v) is 8.53. The van der Waals surface area contributed by atoms with Crippen LogP contribution in [-0.4, -0.2) is 34.0 Å². The summed E-state index contributed by atoms with van der Waals surface area (Å²) in [7, 11) is 0. The average Bonchev–Trinajstić information content (AvgIpc) is 2.62. The molecule has 0 atom stereocenters. The van der Waals surface area contributed by atoms with Gasteiger partial charge in [0.2, 0.25) is 0 Å². The third kappa shape index (κ3) is 4.31. The van der Waals surface area contributed by atoms with Crippen LogP contribution in [-0.2, 0) is 13.0 Å². The summed E-state index contributed by atoms with van der Waals surface area (Å²) in [5.41, 5.74) is 3.51. The fourth-order valence-corrected chi connectivity index (χ4v) is 3.18. The van der Waals surface area contributed by atoms with Crippen LogP contribution in [0.5, 0.6) is 0 Å². The van der Waals surface area contributed by atoms with Crippen molar-refractivity contribution in [3.8, 4) is 0 Å². The predicted octanol–water partition coefficient (Wildman–Crippen LogP) is 2.95. The van der Waals surface area contributed by atoms with Crippen molar-refractivity contribution in [2.24, 2.45) is 5.92 Å². The van der Waals surface area contributed by atoms with Crippen LogP contribution in [0, 0.1) is 12.8 Å². The molecule has 0 aliphatic carbocycles. The van der Waals surface area contributed by atoms with E-state index >= 15 is 0 Å². The lowest BCUT2D eigenvalue weighted by atomic mass is 9.91. The molecule has 0 aromatic carbocycles. The van der Waals surface area contributed by atoms with Gasteiger partial charge < -0.3 is 10.2 Å². The fraction of sp³-hybridized carbons (Fsp3) is 0.421. The molecular formula is C19H24N4O. The van der Waals surface area contributed by atoms with Gasteiger partial charge in [-0.2, -0.15) is 0 Å². The van der Waals surface area contributed by atoms with E-state index < -0.39 is 0 Å². The first kappa shape index (κ1) is 16.4. The zero-order chi connectivity index (χ0) is 16.8. The Morgan fingerprint density at radius 1 is 1.21 bits per heavy atom. The highest BCUT2D eigenvalue weighted by Gasteiger charge is 2.22. The maximum Gasteiger partial charge on any atom is 0.317 e. The van der Waals surface area contributed by atoms with E-state index in [4.69, 9.17) is 0 Å². The van der Waals surface area contributed by atoms with Gasteiger partial charge in [0.05, 0.1) is 0 Å². The minimum atomic E-state index is 0.0334. The van der Waals surface area contributed by atoms with Crippen LogP contribution in [0.3, 0.4) is 0 Å². The minimum Gasteiger partial charge on any atom is -0.334 e. The SMILES string of the molecule is Cc1cnccc1CNC(=O)N1CCC(Cc2cccnc2)CC1. The third-order valence-corrected chi connectivity index (χ3v) is 4.72. The van der Waals surface area contributed by atoms with Gasteiger partial charge >= 0.3 is 6.03 Å². The van der Waals surface area contributed by atoms with E-state index in [2.05, 4.69) is 21.4 Å². The van der Waals surface area contributed by atoms with Crippen molar-refractivity contribution in [3.63, 3.8) is 0 Å². The Kier molecular flexibility index (Phi) is 5.41. The van der Waals surface area contributed by atoms with Gasteiger partial charge in [0.15, 0.2) is 0 Å². The van der Waals surface area contributed by atoms with Gasteiger partial charge in [0, 0.05) is 44.4 Å². The van der Waals surface area contributed by atoms with E-state index in [-0.39, 0.29) is 6.03 Å². The quantitative estimate of drug-likeness (QED) is 0.940. The molecule has 2 aromatic rings. The minimum absolute atomic E-state index is 0.0334. The summed E-state index contributed by atoms with van der Waals surface area (Å²) >= 11 is 0. The first-order valence-electron chi connectivity index (χ1n) is 8.53. The lowest BCUT2D eigenvalue weighted by Crippen LogP contribution is -2.44. The van der Waals surface area contributed by atoms with E-state index in [0.717, 1.165) is 43.5 Å². The molecule has 2 aromatic heterocycles. The predicted molar refractivity (Wildman–Crippen MR) is 93.4 cm³/mol. The molecular weight excluding hydrogens is 300 g/mol. The Hall–Kier alpha value is -2.43. The highest BCUT2D eigenvalue weighted by atomic mass is 16.2. The van der Waals surface area contributed by atoms with Crippen LogP contribution in [0.15, 0.2) is 43.0 Å². The Labute approximate surface area is 143 Å². The van der Waals surface area contributed by atoms with Crippen molar-refractivity contribution in [2.75, 3.05) is 13.1 Å². The van der Waals surface area contributed by atoms with Crippen LogP contribution < -0.4 is 5.32 Å². The van der Waals surface area contributed by atoms with Gasteiger partial charge in [-0.15, -0.1) is 0 Å².